The monoisotopic (exact) mass is 462 g/mol. The second-order valence-electron chi connectivity index (χ2n) is 9.16. The molecule has 1 saturated heterocycles. The Kier molecular flexibility index (Phi) is 7.65. The Morgan fingerprint density at radius 1 is 1.09 bits per heavy atom. The summed E-state index contributed by atoms with van der Waals surface area (Å²) in [7, 11) is 3.51. The van der Waals surface area contributed by atoms with Gasteiger partial charge < -0.3 is 20.3 Å². The number of hydrogen-bond acceptors (Lipinski definition) is 5. The number of likely N-dealkylation sites (N-methyl/N-ethyl adjacent to an activating group) is 1. The van der Waals surface area contributed by atoms with Crippen LogP contribution in [0.25, 0.3) is 6.08 Å². The number of anilines is 1. The topological polar surface area (TPSA) is 79.1 Å². The summed E-state index contributed by atoms with van der Waals surface area (Å²) in [6.07, 6.45) is 5.49. The minimum atomic E-state index is -0.394. The van der Waals surface area contributed by atoms with Gasteiger partial charge in [-0.15, -0.1) is 0 Å². The van der Waals surface area contributed by atoms with Crippen molar-refractivity contribution in [1.29, 1.82) is 0 Å². The quantitative estimate of drug-likeness (QED) is 0.640. The van der Waals surface area contributed by atoms with Gasteiger partial charge in [0.2, 0.25) is 11.8 Å². The largest absolute Gasteiger partial charge is 0.373 e. The fourth-order valence-corrected chi connectivity index (χ4v) is 4.58. The number of hydrogen-bond donors (Lipinski definition) is 1. The molecule has 2 amide bonds. The highest BCUT2D eigenvalue weighted by Crippen LogP contribution is 2.31. The fourth-order valence-electron chi connectivity index (χ4n) is 4.58. The van der Waals surface area contributed by atoms with E-state index >= 15 is 0 Å². The van der Waals surface area contributed by atoms with E-state index in [4.69, 9.17) is 10.5 Å². The molecule has 2 aromatic carbocycles. The molecule has 0 saturated carbocycles. The van der Waals surface area contributed by atoms with Gasteiger partial charge in [-0.25, -0.2) is 0 Å². The predicted octanol–water partition coefficient (Wildman–Crippen LogP) is 2.71. The first-order valence-corrected chi connectivity index (χ1v) is 11.9. The smallest absolute Gasteiger partial charge is 0.248 e. The summed E-state index contributed by atoms with van der Waals surface area (Å²) in [5.41, 5.74) is 10.7. The van der Waals surface area contributed by atoms with Crippen LogP contribution in [0.3, 0.4) is 0 Å². The number of amides is 2. The highest BCUT2D eigenvalue weighted by Gasteiger charge is 2.23. The number of carbonyl (C=O) groups excluding carboxylic acids is 2. The molecule has 2 aliphatic rings. The second kappa shape index (κ2) is 10.8. The number of ether oxygens (including phenoxy) is 1. The Balaban J connectivity index is 1.29. The number of benzene rings is 2. The molecule has 4 rings (SSSR count). The fraction of sp³-hybridized carbons (Fsp3) is 0.407. The van der Waals surface area contributed by atoms with Gasteiger partial charge in [-0.1, -0.05) is 18.2 Å². The van der Waals surface area contributed by atoms with E-state index in [9.17, 15) is 9.59 Å². The molecule has 1 fully saturated rings. The molecule has 2 N–H and O–H groups in total. The van der Waals surface area contributed by atoms with E-state index in [0.29, 0.717) is 5.56 Å². The molecular formula is C27H34N4O3. The average molecular weight is 463 g/mol. The lowest BCUT2D eigenvalue weighted by molar-refractivity contribution is -0.123. The first-order valence-electron chi connectivity index (χ1n) is 11.9. The van der Waals surface area contributed by atoms with E-state index < -0.39 is 5.91 Å². The van der Waals surface area contributed by atoms with Crippen molar-refractivity contribution in [2.45, 2.75) is 18.9 Å². The van der Waals surface area contributed by atoms with Gasteiger partial charge in [0.15, 0.2) is 0 Å². The first-order chi connectivity index (χ1) is 16.4. The van der Waals surface area contributed by atoms with Crippen LogP contribution in [-0.2, 0) is 16.0 Å². The third-order valence-corrected chi connectivity index (χ3v) is 6.66. The highest BCUT2D eigenvalue weighted by atomic mass is 16.5. The second-order valence-corrected chi connectivity index (χ2v) is 9.16. The van der Waals surface area contributed by atoms with Gasteiger partial charge in [0.1, 0.15) is 0 Å². The number of fused-ring (bicyclic) bond motifs is 1. The number of primary amides is 1. The van der Waals surface area contributed by atoms with Crippen LogP contribution in [0.2, 0.25) is 0 Å². The highest BCUT2D eigenvalue weighted by molar-refractivity contribution is 5.93. The summed E-state index contributed by atoms with van der Waals surface area (Å²) in [5.74, 6) is -0.406. The molecule has 1 atom stereocenters. The average Bonchev–Trinajstić information content (AvgIpc) is 2.86. The summed E-state index contributed by atoms with van der Waals surface area (Å²) >= 11 is 0. The van der Waals surface area contributed by atoms with E-state index in [-0.39, 0.29) is 12.0 Å². The van der Waals surface area contributed by atoms with Crippen molar-refractivity contribution in [3.63, 3.8) is 0 Å². The number of nitrogens with zero attached hydrogens (tertiary/aromatic N) is 3. The van der Waals surface area contributed by atoms with E-state index in [1.165, 1.54) is 11.1 Å². The van der Waals surface area contributed by atoms with Gasteiger partial charge in [0, 0.05) is 64.1 Å². The molecule has 0 spiro atoms. The maximum atomic E-state index is 11.8. The minimum absolute atomic E-state index is 0.0123. The van der Waals surface area contributed by atoms with Crippen LogP contribution in [0.4, 0.5) is 5.69 Å². The molecule has 0 aromatic heterocycles. The van der Waals surface area contributed by atoms with Crippen LogP contribution in [0, 0.1) is 0 Å². The van der Waals surface area contributed by atoms with Crippen molar-refractivity contribution in [3.05, 3.63) is 70.8 Å². The van der Waals surface area contributed by atoms with Crippen molar-refractivity contribution in [3.8, 4) is 0 Å². The lowest BCUT2D eigenvalue weighted by Crippen LogP contribution is -2.47. The predicted molar refractivity (Wildman–Crippen MR) is 135 cm³/mol. The Hall–Kier alpha value is -3.16. The summed E-state index contributed by atoms with van der Waals surface area (Å²) < 4.78 is 6.13. The van der Waals surface area contributed by atoms with Crippen LogP contribution in [0.5, 0.6) is 0 Å². The summed E-state index contributed by atoms with van der Waals surface area (Å²) in [4.78, 5) is 29.5. The maximum Gasteiger partial charge on any atom is 0.248 e. The van der Waals surface area contributed by atoms with Crippen LogP contribution in [-0.4, -0.2) is 75.0 Å². The normalized spacial score (nSPS) is 18.6. The Labute approximate surface area is 201 Å². The van der Waals surface area contributed by atoms with Gasteiger partial charge in [-0.05, 0) is 59.9 Å². The van der Waals surface area contributed by atoms with Gasteiger partial charge in [-0.2, -0.15) is 0 Å². The molecule has 1 unspecified atom stereocenters. The van der Waals surface area contributed by atoms with E-state index in [0.717, 1.165) is 63.4 Å². The van der Waals surface area contributed by atoms with Gasteiger partial charge in [0.05, 0.1) is 12.7 Å². The third kappa shape index (κ3) is 5.85. The van der Waals surface area contributed by atoms with Gasteiger partial charge >= 0.3 is 0 Å². The molecule has 2 heterocycles. The molecule has 0 bridgehead atoms. The number of carbonyl (C=O) groups is 2. The third-order valence-electron chi connectivity index (χ3n) is 6.66. The molecule has 34 heavy (non-hydrogen) atoms. The molecule has 7 nitrogen and oxygen atoms in total. The van der Waals surface area contributed by atoms with Gasteiger partial charge in [0.25, 0.3) is 0 Å². The van der Waals surface area contributed by atoms with E-state index in [2.05, 4.69) is 28.0 Å². The van der Waals surface area contributed by atoms with Crippen LogP contribution in [0.15, 0.2) is 48.5 Å². The Morgan fingerprint density at radius 3 is 2.50 bits per heavy atom. The standard InChI is InChI=1S/C27H34N4O3/c1-29(2)26(32)10-4-20-3-9-24-22(19-20)12-18-34-25(24)11-13-30-14-16-31(17-15-30)23-7-5-21(6-8-23)27(28)33/h3-10,19,25H,11-18H2,1-2H3,(H2,28,33)/b10-4+. The minimum Gasteiger partial charge on any atom is -0.373 e. The molecule has 2 aromatic rings. The number of nitrogens with two attached hydrogens (primary N) is 1. The van der Waals surface area contributed by atoms with Crippen LogP contribution >= 0.6 is 0 Å². The molecule has 2 aliphatic heterocycles. The Morgan fingerprint density at radius 2 is 1.82 bits per heavy atom. The zero-order chi connectivity index (χ0) is 24.1. The molecule has 0 radical (unpaired) electrons. The van der Waals surface area contributed by atoms with Crippen molar-refractivity contribution in [2.75, 3.05) is 58.3 Å². The summed E-state index contributed by atoms with van der Waals surface area (Å²) in [6, 6.07) is 14.0. The zero-order valence-electron chi connectivity index (χ0n) is 20.1. The molecule has 7 heteroatoms. The lowest BCUT2D eigenvalue weighted by atomic mass is 9.93. The van der Waals surface area contributed by atoms with E-state index in [1.54, 1.807) is 37.2 Å². The summed E-state index contributed by atoms with van der Waals surface area (Å²) in [6.45, 7) is 5.65. The van der Waals surface area contributed by atoms with Gasteiger partial charge in [-0.3, -0.25) is 14.5 Å². The summed E-state index contributed by atoms with van der Waals surface area (Å²) in [5, 5.41) is 0. The SMILES string of the molecule is CN(C)C(=O)/C=C/c1ccc2c(c1)CCOC2CCN1CCN(c2ccc(C(N)=O)cc2)CC1. The maximum absolute atomic E-state index is 11.8. The van der Waals surface area contributed by atoms with Crippen molar-refractivity contribution in [1.82, 2.24) is 9.80 Å². The first kappa shape index (κ1) is 24.0. The molecule has 0 aliphatic carbocycles. The van der Waals surface area contributed by atoms with Crippen LogP contribution < -0.4 is 10.6 Å². The zero-order valence-corrected chi connectivity index (χ0v) is 20.1. The lowest BCUT2D eigenvalue weighted by Gasteiger charge is -2.37. The van der Waals surface area contributed by atoms with Crippen molar-refractivity contribution >= 4 is 23.6 Å². The number of rotatable bonds is 7. The van der Waals surface area contributed by atoms with Crippen molar-refractivity contribution < 1.29 is 14.3 Å². The Bertz CT molecular complexity index is 1040. The van der Waals surface area contributed by atoms with Crippen LogP contribution in [0.1, 0.15) is 39.6 Å². The van der Waals surface area contributed by atoms with E-state index in [1.807, 2.05) is 18.2 Å². The number of piperazine rings is 1. The van der Waals surface area contributed by atoms with Crippen molar-refractivity contribution in [2.24, 2.45) is 5.73 Å². The molecular weight excluding hydrogens is 428 g/mol. The molecule has 180 valence electrons.